The van der Waals surface area contributed by atoms with Crippen molar-refractivity contribution in [3.8, 4) is 23.1 Å². The number of benzene rings is 1. The molecule has 2 rings (SSSR count). The van der Waals surface area contributed by atoms with Crippen LogP contribution >= 0.6 is 0 Å². The lowest BCUT2D eigenvalue weighted by atomic mass is 10.1. The van der Waals surface area contributed by atoms with Crippen LogP contribution in [0.25, 0.3) is 11.3 Å². The zero-order valence-electron chi connectivity index (χ0n) is 8.71. The van der Waals surface area contributed by atoms with E-state index in [0.29, 0.717) is 5.69 Å². The van der Waals surface area contributed by atoms with Gasteiger partial charge in [-0.3, -0.25) is 4.98 Å². The Bertz CT molecular complexity index is 529. The Hall–Kier alpha value is -2.41. The minimum atomic E-state index is 0.312. The van der Waals surface area contributed by atoms with E-state index < -0.39 is 0 Å². The van der Waals surface area contributed by atoms with Crippen LogP contribution in [-0.4, -0.2) is 17.1 Å². The summed E-state index contributed by atoms with van der Waals surface area (Å²) >= 11 is 0. The molecule has 0 aliphatic rings. The summed E-state index contributed by atoms with van der Waals surface area (Å²) in [6.07, 6.45) is 3.03. The Labute approximate surface area is 93.2 Å². The van der Waals surface area contributed by atoms with Gasteiger partial charge in [0.25, 0.3) is 0 Å². The molecular weight excluding hydrogens is 202 g/mol. The highest BCUT2D eigenvalue weighted by Gasteiger charge is 2.01. The summed E-state index contributed by atoms with van der Waals surface area (Å²) in [6, 6.07) is 9.46. The van der Waals surface area contributed by atoms with E-state index in [2.05, 4.69) is 9.97 Å². The van der Waals surface area contributed by atoms with Gasteiger partial charge in [-0.1, -0.05) is 12.1 Å². The summed E-state index contributed by atoms with van der Waals surface area (Å²) in [6.45, 7) is 0. The van der Waals surface area contributed by atoms with Crippen LogP contribution in [0.3, 0.4) is 0 Å². The highest BCUT2D eigenvalue weighted by atomic mass is 16.5. The van der Waals surface area contributed by atoms with Gasteiger partial charge in [-0.2, -0.15) is 5.26 Å². The Balaban J connectivity index is 2.39. The van der Waals surface area contributed by atoms with Gasteiger partial charge in [-0.05, 0) is 12.1 Å². The van der Waals surface area contributed by atoms with Crippen LogP contribution in [0, 0.1) is 11.3 Å². The van der Waals surface area contributed by atoms with Gasteiger partial charge >= 0.3 is 0 Å². The molecule has 16 heavy (non-hydrogen) atoms. The third kappa shape index (κ3) is 1.98. The van der Waals surface area contributed by atoms with E-state index in [4.69, 9.17) is 10.00 Å². The Morgan fingerprint density at radius 3 is 2.75 bits per heavy atom. The molecule has 78 valence electrons. The second-order valence-electron chi connectivity index (χ2n) is 3.13. The standard InChI is InChI=1S/C12H9N3O/c1-16-11-4-2-3-9(5-11)12-8-14-10(6-13)7-15-12/h2-5,7-8H,1H3. The first-order chi connectivity index (χ1) is 7.83. The molecule has 0 saturated heterocycles. The molecule has 2 aromatic rings. The fourth-order valence-corrected chi connectivity index (χ4v) is 1.32. The van der Waals surface area contributed by atoms with Crippen molar-refractivity contribution in [3.63, 3.8) is 0 Å². The van der Waals surface area contributed by atoms with Crippen molar-refractivity contribution in [1.29, 1.82) is 5.26 Å². The van der Waals surface area contributed by atoms with Crippen LogP contribution in [0.1, 0.15) is 5.69 Å². The van der Waals surface area contributed by atoms with Gasteiger partial charge in [-0.15, -0.1) is 0 Å². The fraction of sp³-hybridized carbons (Fsp3) is 0.0833. The molecule has 0 aliphatic heterocycles. The van der Waals surface area contributed by atoms with Crippen molar-refractivity contribution >= 4 is 0 Å². The summed E-state index contributed by atoms with van der Waals surface area (Å²) < 4.78 is 5.12. The molecule has 0 spiro atoms. The normalized spacial score (nSPS) is 9.50. The first kappa shape index (κ1) is 10.1. The van der Waals surface area contributed by atoms with Crippen LogP contribution in [0.2, 0.25) is 0 Å². The van der Waals surface area contributed by atoms with Crippen molar-refractivity contribution in [3.05, 3.63) is 42.4 Å². The Kier molecular flexibility index (Phi) is 2.79. The number of methoxy groups -OCH3 is 1. The zero-order chi connectivity index (χ0) is 11.4. The smallest absolute Gasteiger partial charge is 0.158 e. The lowest BCUT2D eigenvalue weighted by molar-refractivity contribution is 0.415. The summed E-state index contributed by atoms with van der Waals surface area (Å²) in [5.41, 5.74) is 1.95. The molecule has 0 N–H and O–H groups in total. The van der Waals surface area contributed by atoms with Gasteiger partial charge in [0, 0.05) is 5.56 Å². The molecule has 4 nitrogen and oxygen atoms in total. The van der Waals surface area contributed by atoms with Crippen LogP contribution in [0.4, 0.5) is 0 Å². The summed E-state index contributed by atoms with van der Waals surface area (Å²) in [5.74, 6) is 0.767. The molecule has 0 saturated carbocycles. The minimum Gasteiger partial charge on any atom is -0.497 e. The Morgan fingerprint density at radius 2 is 2.12 bits per heavy atom. The second-order valence-corrected chi connectivity index (χ2v) is 3.13. The van der Waals surface area contributed by atoms with Crippen molar-refractivity contribution in [2.75, 3.05) is 7.11 Å². The molecule has 1 heterocycles. The van der Waals surface area contributed by atoms with Crippen LogP contribution in [-0.2, 0) is 0 Å². The number of aromatic nitrogens is 2. The molecule has 0 fully saturated rings. The highest BCUT2D eigenvalue weighted by molar-refractivity contribution is 5.60. The lowest BCUT2D eigenvalue weighted by Crippen LogP contribution is -1.89. The van der Waals surface area contributed by atoms with E-state index in [9.17, 15) is 0 Å². The molecule has 0 radical (unpaired) electrons. The van der Waals surface area contributed by atoms with Gasteiger partial charge in [0.2, 0.25) is 0 Å². The average Bonchev–Trinajstić information content (AvgIpc) is 2.39. The van der Waals surface area contributed by atoms with Gasteiger partial charge in [0.05, 0.1) is 25.2 Å². The van der Waals surface area contributed by atoms with E-state index in [1.165, 1.54) is 6.20 Å². The first-order valence-electron chi connectivity index (χ1n) is 4.70. The van der Waals surface area contributed by atoms with Crippen molar-refractivity contribution < 1.29 is 4.74 Å². The Morgan fingerprint density at radius 1 is 1.25 bits per heavy atom. The molecule has 4 heteroatoms. The second kappa shape index (κ2) is 4.41. The third-order valence-electron chi connectivity index (χ3n) is 2.13. The van der Waals surface area contributed by atoms with Crippen molar-refractivity contribution in [2.45, 2.75) is 0 Å². The quantitative estimate of drug-likeness (QED) is 0.762. The topological polar surface area (TPSA) is 58.8 Å². The summed E-state index contributed by atoms with van der Waals surface area (Å²) in [4.78, 5) is 8.12. The monoisotopic (exact) mass is 211 g/mol. The van der Waals surface area contributed by atoms with Crippen molar-refractivity contribution in [1.82, 2.24) is 9.97 Å². The lowest BCUT2D eigenvalue weighted by Gasteiger charge is -2.03. The fourth-order valence-electron chi connectivity index (χ4n) is 1.32. The molecule has 1 aromatic carbocycles. The van der Waals surface area contributed by atoms with Crippen LogP contribution in [0.15, 0.2) is 36.7 Å². The molecular formula is C12H9N3O. The maximum absolute atomic E-state index is 8.61. The molecule has 1 aromatic heterocycles. The number of ether oxygens (including phenoxy) is 1. The highest BCUT2D eigenvalue weighted by Crippen LogP contribution is 2.21. The van der Waals surface area contributed by atoms with Crippen molar-refractivity contribution in [2.24, 2.45) is 0 Å². The first-order valence-corrected chi connectivity index (χ1v) is 4.70. The predicted molar refractivity (Wildman–Crippen MR) is 58.7 cm³/mol. The summed E-state index contributed by atoms with van der Waals surface area (Å²) in [7, 11) is 1.61. The largest absolute Gasteiger partial charge is 0.497 e. The SMILES string of the molecule is COc1cccc(-c2cnc(C#N)cn2)c1. The van der Waals surface area contributed by atoms with E-state index in [1.807, 2.05) is 30.3 Å². The number of hydrogen-bond donors (Lipinski definition) is 0. The predicted octanol–water partition coefficient (Wildman–Crippen LogP) is 2.02. The summed E-state index contributed by atoms with van der Waals surface area (Å²) in [5, 5.41) is 8.61. The number of hydrogen-bond acceptors (Lipinski definition) is 4. The maximum Gasteiger partial charge on any atom is 0.158 e. The molecule has 0 unspecified atom stereocenters. The third-order valence-corrected chi connectivity index (χ3v) is 2.13. The number of rotatable bonds is 2. The van der Waals surface area contributed by atoms with Gasteiger partial charge in [-0.25, -0.2) is 4.98 Å². The van der Waals surface area contributed by atoms with Gasteiger partial charge in [0.1, 0.15) is 11.8 Å². The van der Waals surface area contributed by atoms with Crippen LogP contribution in [0.5, 0.6) is 5.75 Å². The van der Waals surface area contributed by atoms with E-state index in [1.54, 1.807) is 13.3 Å². The maximum atomic E-state index is 8.61. The molecule has 0 amide bonds. The van der Waals surface area contributed by atoms with Gasteiger partial charge < -0.3 is 4.74 Å². The number of nitrogens with zero attached hydrogens (tertiary/aromatic N) is 3. The minimum absolute atomic E-state index is 0.312. The molecule has 0 aliphatic carbocycles. The van der Waals surface area contributed by atoms with Crippen LogP contribution < -0.4 is 4.74 Å². The van der Waals surface area contributed by atoms with Gasteiger partial charge in [0.15, 0.2) is 5.69 Å². The zero-order valence-corrected chi connectivity index (χ0v) is 8.71. The number of nitriles is 1. The van der Waals surface area contributed by atoms with E-state index in [-0.39, 0.29) is 0 Å². The van der Waals surface area contributed by atoms with E-state index >= 15 is 0 Å². The average molecular weight is 211 g/mol. The molecule has 0 atom stereocenters. The molecule has 0 bridgehead atoms. The van der Waals surface area contributed by atoms with E-state index in [0.717, 1.165) is 17.0 Å².